The van der Waals surface area contributed by atoms with Crippen molar-refractivity contribution >= 4 is 11.5 Å². The van der Waals surface area contributed by atoms with Crippen LogP contribution in [0.1, 0.15) is 12.5 Å². The van der Waals surface area contributed by atoms with Crippen molar-refractivity contribution in [2.24, 2.45) is 0 Å². The first-order valence-corrected chi connectivity index (χ1v) is 5.13. The van der Waals surface area contributed by atoms with Crippen LogP contribution in [-0.2, 0) is 9.63 Å². The second-order valence-corrected chi connectivity index (χ2v) is 3.45. The molecule has 4 heteroatoms. The van der Waals surface area contributed by atoms with Crippen LogP contribution >= 0.6 is 0 Å². The zero-order valence-corrected chi connectivity index (χ0v) is 9.64. The number of benzene rings is 1. The molecule has 4 nitrogen and oxygen atoms in total. The number of aliphatic carboxylic acids is 1. The predicted molar refractivity (Wildman–Crippen MR) is 66.0 cm³/mol. The van der Waals surface area contributed by atoms with Crippen LogP contribution < -0.4 is 5.48 Å². The molecule has 17 heavy (non-hydrogen) atoms. The second-order valence-electron chi connectivity index (χ2n) is 3.45. The maximum absolute atomic E-state index is 10.4. The lowest BCUT2D eigenvalue weighted by atomic mass is 10.1. The molecule has 2 N–H and O–H groups in total. The summed E-state index contributed by atoms with van der Waals surface area (Å²) in [4.78, 5) is 15.3. The van der Waals surface area contributed by atoms with Crippen LogP contribution in [0.4, 0.5) is 0 Å². The highest BCUT2D eigenvalue weighted by Gasteiger charge is 2.01. The lowest BCUT2D eigenvalue weighted by Gasteiger charge is -2.05. The molecule has 90 valence electrons. The predicted octanol–water partition coefficient (Wildman–Crippen LogP) is 2.21. The summed E-state index contributed by atoms with van der Waals surface area (Å²) in [6.45, 7) is 5.51. The summed E-state index contributed by atoms with van der Waals surface area (Å²) in [5, 5.41) is 8.51. The molecule has 0 aliphatic heterocycles. The summed E-state index contributed by atoms with van der Waals surface area (Å²) >= 11 is 0. The van der Waals surface area contributed by atoms with Crippen LogP contribution in [0.15, 0.2) is 48.7 Å². The van der Waals surface area contributed by atoms with Crippen molar-refractivity contribution in [1.29, 1.82) is 0 Å². The summed E-state index contributed by atoms with van der Waals surface area (Å²) in [7, 11) is 0. The molecule has 1 rings (SSSR count). The average Bonchev–Trinajstić information content (AvgIpc) is 2.35. The SMILES string of the molecule is C=C(NOCC=C(C)c1ccccc1)C(=O)O. The fourth-order valence-corrected chi connectivity index (χ4v) is 1.16. The number of nitrogens with one attached hydrogen (secondary N) is 1. The molecule has 0 unspecified atom stereocenters. The molecule has 0 aliphatic rings. The largest absolute Gasteiger partial charge is 0.477 e. The van der Waals surface area contributed by atoms with E-state index in [4.69, 9.17) is 9.94 Å². The molecule has 0 spiro atoms. The quantitative estimate of drug-likeness (QED) is 0.449. The number of hydrogen-bond acceptors (Lipinski definition) is 3. The van der Waals surface area contributed by atoms with Crippen molar-refractivity contribution < 1.29 is 14.7 Å². The van der Waals surface area contributed by atoms with Crippen molar-refractivity contribution in [2.75, 3.05) is 6.61 Å². The van der Waals surface area contributed by atoms with Crippen molar-refractivity contribution in [3.8, 4) is 0 Å². The third-order valence-electron chi connectivity index (χ3n) is 2.16. The Hall–Kier alpha value is -2.07. The van der Waals surface area contributed by atoms with Crippen molar-refractivity contribution in [2.45, 2.75) is 6.92 Å². The smallest absolute Gasteiger partial charge is 0.353 e. The summed E-state index contributed by atoms with van der Waals surface area (Å²) < 4.78 is 0. The number of carboxylic acids is 1. The van der Waals surface area contributed by atoms with E-state index in [0.717, 1.165) is 11.1 Å². The van der Waals surface area contributed by atoms with Gasteiger partial charge in [-0.05, 0) is 18.1 Å². The minimum Gasteiger partial charge on any atom is -0.477 e. The normalized spacial score (nSPS) is 11.0. The molecule has 1 aromatic carbocycles. The van der Waals surface area contributed by atoms with Crippen molar-refractivity contribution in [3.63, 3.8) is 0 Å². The first kappa shape index (κ1) is 13.0. The maximum Gasteiger partial charge on any atom is 0.353 e. The van der Waals surface area contributed by atoms with Gasteiger partial charge in [0.25, 0.3) is 0 Å². The molecule has 0 heterocycles. The Bertz CT molecular complexity index is 424. The van der Waals surface area contributed by atoms with Crippen molar-refractivity contribution in [3.05, 3.63) is 54.2 Å². The van der Waals surface area contributed by atoms with Gasteiger partial charge in [-0.15, -0.1) is 0 Å². The first-order valence-electron chi connectivity index (χ1n) is 5.13. The molecule has 0 bridgehead atoms. The fourth-order valence-electron chi connectivity index (χ4n) is 1.16. The Labute approximate surface area is 100 Å². The lowest BCUT2D eigenvalue weighted by molar-refractivity contribution is -0.134. The van der Waals surface area contributed by atoms with E-state index < -0.39 is 5.97 Å². The van der Waals surface area contributed by atoms with Gasteiger partial charge < -0.3 is 5.11 Å². The van der Waals surface area contributed by atoms with E-state index in [2.05, 4.69) is 12.1 Å². The molecule has 0 radical (unpaired) electrons. The van der Waals surface area contributed by atoms with Gasteiger partial charge in [0.2, 0.25) is 0 Å². The van der Waals surface area contributed by atoms with E-state index in [-0.39, 0.29) is 12.3 Å². The summed E-state index contributed by atoms with van der Waals surface area (Å²) in [5.41, 5.74) is 4.23. The Balaban J connectivity index is 2.40. The van der Waals surface area contributed by atoms with E-state index in [0.29, 0.717) is 0 Å². The van der Waals surface area contributed by atoms with Gasteiger partial charge in [-0.25, -0.2) is 4.79 Å². The minimum atomic E-state index is -1.13. The van der Waals surface area contributed by atoms with Gasteiger partial charge in [-0.2, -0.15) is 0 Å². The molecule has 0 saturated heterocycles. The summed E-state index contributed by atoms with van der Waals surface area (Å²) in [5.74, 6) is -1.13. The summed E-state index contributed by atoms with van der Waals surface area (Å²) in [6, 6.07) is 9.85. The molecule has 0 aliphatic carbocycles. The third-order valence-corrected chi connectivity index (χ3v) is 2.16. The number of rotatable bonds is 6. The van der Waals surface area contributed by atoms with Gasteiger partial charge in [0, 0.05) is 0 Å². The second kappa shape index (κ2) is 6.50. The Morgan fingerprint density at radius 2 is 2.12 bits per heavy atom. The van der Waals surface area contributed by atoms with Gasteiger partial charge >= 0.3 is 5.97 Å². The molecular formula is C13H15NO3. The van der Waals surface area contributed by atoms with E-state index in [1.807, 2.05) is 43.3 Å². The average molecular weight is 233 g/mol. The van der Waals surface area contributed by atoms with Crippen LogP contribution in [0, 0.1) is 0 Å². The molecule has 0 aromatic heterocycles. The molecule has 0 saturated carbocycles. The van der Waals surface area contributed by atoms with Gasteiger partial charge in [-0.1, -0.05) is 43.0 Å². The Kier molecular flexibility index (Phi) is 4.97. The van der Waals surface area contributed by atoms with Crippen LogP contribution in [0.2, 0.25) is 0 Å². The van der Waals surface area contributed by atoms with Crippen LogP contribution in [0.25, 0.3) is 5.57 Å². The molecule has 0 amide bonds. The summed E-state index contributed by atoms with van der Waals surface area (Å²) in [6.07, 6.45) is 1.86. The number of carboxylic acid groups (broad SMARTS) is 1. The first-order chi connectivity index (χ1) is 8.11. The highest BCUT2D eigenvalue weighted by Crippen LogP contribution is 2.11. The third kappa shape index (κ3) is 4.53. The Morgan fingerprint density at radius 3 is 2.71 bits per heavy atom. The fraction of sp³-hybridized carbons (Fsp3) is 0.154. The molecular weight excluding hydrogens is 218 g/mol. The van der Waals surface area contributed by atoms with E-state index >= 15 is 0 Å². The highest BCUT2D eigenvalue weighted by atomic mass is 16.6. The topological polar surface area (TPSA) is 58.6 Å². The molecule has 0 fully saturated rings. The van der Waals surface area contributed by atoms with E-state index in [9.17, 15) is 4.79 Å². The maximum atomic E-state index is 10.4. The molecule has 1 aromatic rings. The van der Waals surface area contributed by atoms with Crippen LogP contribution in [0.5, 0.6) is 0 Å². The standard InChI is InChI=1S/C13H15NO3/c1-10(12-6-4-3-5-7-12)8-9-17-14-11(2)13(15)16/h3-8,14H,2,9H2,1H3,(H,15,16). The van der Waals surface area contributed by atoms with Gasteiger partial charge in [0.05, 0.1) is 6.61 Å². The zero-order chi connectivity index (χ0) is 12.7. The van der Waals surface area contributed by atoms with E-state index in [1.54, 1.807) is 0 Å². The number of carbonyl (C=O) groups is 1. The van der Waals surface area contributed by atoms with Gasteiger partial charge in [0.1, 0.15) is 5.70 Å². The number of hydroxylamine groups is 1. The van der Waals surface area contributed by atoms with Gasteiger partial charge in [-0.3, -0.25) is 10.3 Å². The number of allylic oxidation sites excluding steroid dienone is 1. The Morgan fingerprint density at radius 1 is 1.47 bits per heavy atom. The molecule has 0 atom stereocenters. The monoisotopic (exact) mass is 233 g/mol. The lowest BCUT2D eigenvalue weighted by Crippen LogP contribution is -2.19. The highest BCUT2D eigenvalue weighted by molar-refractivity contribution is 5.84. The minimum absolute atomic E-state index is 0.184. The van der Waals surface area contributed by atoms with Crippen LogP contribution in [-0.4, -0.2) is 17.7 Å². The zero-order valence-electron chi connectivity index (χ0n) is 9.64. The van der Waals surface area contributed by atoms with Gasteiger partial charge in [0.15, 0.2) is 0 Å². The van der Waals surface area contributed by atoms with Crippen molar-refractivity contribution in [1.82, 2.24) is 5.48 Å². The number of hydrogen-bond donors (Lipinski definition) is 2. The van der Waals surface area contributed by atoms with Crippen LogP contribution in [0.3, 0.4) is 0 Å². The van der Waals surface area contributed by atoms with E-state index in [1.165, 1.54) is 0 Å².